The van der Waals surface area contributed by atoms with Gasteiger partial charge in [0, 0.05) is 25.5 Å². The van der Waals surface area contributed by atoms with Crippen LogP contribution in [0.25, 0.3) is 0 Å². The average molecular weight is 335 g/mol. The molecule has 3 heterocycles. The highest BCUT2D eigenvalue weighted by atomic mass is 32.2. The molecule has 0 saturated carbocycles. The van der Waals surface area contributed by atoms with E-state index in [2.05, 4.69) is 9.97 Å². The number of nitrogens with zero attached hydrogens (tertiary/aromatic N) is 3. The molecule has 0 aromatic carbocycles. The average Bonchev–Trinajstić information content (AvgIpc) is 3.07. The number of piperidine rings is 1. The quantitative estimate of drug-likeness (QED) is 0.836. The van der Waals surface area contributed by atoms with E-state index in [4.69, 9.17) is 4.42 Å². The van der Waals surface area contributed by atoms with Crippen LogP contribution in [0.2, 0.25) is 0 Å². The Kier molecular flexibility index (Phi) is 4.42. The van der Waals surface area contributed by atoms with E-state index >= 15 is 0 Å². The van der Waals surface area contributed by atoms with E-state index < -0.39 is 15.1 Å². The predicted molar refractivity (Wildman–Crippen MR) is 82.3 cm³/mol. The molecule has 0 N–H and O–H groups in total. The Morgan fingerprint density at radius 3 is 2.70 bits per heavy atom. The van der Waals surface area contributed by atoms with Crippen molar-refractivity contribution in [3.05, 3.63) is 48.4 Å². The lowest BCUT2D eigenvalue weighted by molar-refractivity contribution is 0.0719. The Balaban J connectivity index is 1.61. The van der Waals surface area contributed by atoms with Crippen LogP contribution in [0, 0.1) is 0 Å². The molecule has 8 heteroatoms. The smallest absolute Gasteiger partial charge is 0.274 e. The van der Waals surface area contributed by atoms with Gasteiger partial charge in [-0.25, -0.2) is 13.4 Å². The summed E-state index contributed by atoms with van der Waals surface area (Å²) in [6.45, 7) is 0.801. The van der Waals surface area contributed by atoms with Crippen LogP contribution in [-0.4, -0.2) is 47.5 Å². The van der Waals surface area contributed by atoms with E-state index in [0.717, 1.165) is 0 Å². The molecule has 0 spiro atoms. The highest BCUT2D eigenvalue weighted by Gasteiger charge is 2.32. The number of likely N-dealkylation sites (tertiary alicyclic amines) is 1. The molecule has 3 rings (SSSR count). The van der Waals surface area contributed by atoms with Crippen molar-refractivity contribution >= 4 is 15.7 Å². The number of amides is 1. The lowest BCUT2D eigenvalue weighted by atomic mass is 10.1. The summed E-state index contributed by atoms with van der Waals surface area (Å²) in [5.74, 6) is 0.144. The molecule has 0 unspecified atom stereocenters. The zero-order chi connectivity index (χ0) is 16.3. The van der Waals surface area contributed by atoms with Crippen LogP contribution in [0.3, 0.4) is 0 Å². The van der Waals surface area contributed by atoms with Gasteiger partial charge in [-0.1, -0.05) is 0 Å². The Labute approximate surface area is 134 Å². The fraction of sp³-hybridized carbons (Fsp3) is 0.400. The molecule has 1 aliphatic rings. The monoisotopic (exact) mass is 335 g/mol. The molecule has 2 aromatic rings. The Morgan fingerprint density at radius 1 is 1.30 bits per heavy atom. The van der Waals surface area contributed by atoms with E-state index in [1.54, 1.807) is 17.0 Å². The summed E-state index contributed by atoms with van der Waals surface area (Å²) in [7, 11) is -3.28. The minimum absolute atomic E-state index is 0.0945. The van der Waals surface area contributed by atoms with Crippen molar-refractivity contribution in [1.29, 1.82) is 0 Å². The van der Waals surface area contributed by atoms with Gasteiger partial charge in [0.05, 0.1) is 17.7 Å². The van der Waals surface area contributed by atoms with Crippen molar-refractivity contribution < 1.29 is 17.6 Å². The largest absolute Gasteiger partial charge is 0.468 e. The predicted octanol–water partition coefficient (Wildman–Crippen LogP) is 1.29. The Hall–Kier alpha value is -2.22. The molecule has 0 atom stereocenters. The zero-order valence-corrected chi connectivity index (χ0v) is 13.3. The normalized spacial score (nSPS) is 16.4. The second kappa shape index (κ2) is 6.49. The van der Waals surface area contributed by atoms with Crippen molar-refractivity contribution in [2.45, 2.75) is 23.8 Å². The molecule has 23 heavy (non-hydrogen) atoms. The third-order valence-electron chi connectivity index (χ3n) is 3.94. The molecule has 1 amide bonds. The molecule has 2 aromatic heterocycles. The molecule has 1 saturated heterocycles. The molecule has 0 radical (unpaired) electrons. The maximum absolute atomic E-state index is 12.4. The molecule has 1 fully saturated rings. The SMILES string of the molecule is O=C(c1cnccn1)N1CCC(S(=O)(=O)Cc2ccco2)CC1. The van der Waals surface area contributed by atoms with E-state index in [1.165, 1.54) is 24.9 Å². The molecule has 7 nitrogen and oxygen atoms in total. The van der Waals surface area contributed by atoms with Gasteiger partial charge in [0.2, 0.25) is 0 Å². The van der Waals surface area contributed by atoms with Crippen molar-refractivity contribution in [1.82, 2.24) is 14.9 Å². The Bertz CT molecular complexity index is 751. The third-order valence-corrected chi connectivity index (χ3v) is 6.12. The Morgan fingerprint density at radius 2 is 2.09 bits per heavy atom. The van der Waals surface area contributed by atoms with Gasteiger partial charge in [-0.3, -0.25) is 9.78 Å². The molecule has 1 aliphatic heterocycles. The minimum Gasteiger partial charge on any atom is -0.468 e. The molecule has 0 bridgehead atoms. The summed E-state index contributed by atoms with van der Waals surface area (Å²) in [4.78, 5) is 21.8. The van der Waals surface area contributed by atoms with Gasteiger partial charge in [0.15, 0.2) is 9.84 Å². The maximum Gasteiger partial charge on any atom is 0.274 e. The van der Waals surface area contributed by atoms with Gasteiger partial charge in [-0.05, 0) is 25.0 Å². The van der Waals surface area contributed by atoms with Gasteiger partial charge in [-0.2, -0.15) is 0 Å². The number of carbonyl (C=O) groups is 1. The van der Waals surface area contributed by atoms with Gasteiger partial charge < -0.3 is 9.32 Å². The summed E-state index contributed by atoms with van der Waals surface area (Å²) >= 11 is 0. The minimum atomic E-state index is -3.28. The second-order valence-corrected chi connectivity index (χ2v) is 7.75. The number of hydrogen-bond acceptors (Lipinski definition) is 6. The van der Waals surface area contributed by atoms with Crippen molar-refractivity contribution in [2.75, 3.05) is 13.1 Å². The first-order valence-corrected chi connectivity index (χ1v) is 9.07. The first kappa shape index (κ1) is 15.7. The summed E-state index contributed by atoms with van der Waals surface area (Å²) in [6.07, 6.45) is 6.71. The summed E-state index contributed by atoms with van der Waals surface area (Å²) < 4.78 is 29.9. The first-order valence-electron chi connectivity index (χ1n) is 7.35. The summed E-state index contributed by atoms with van der Waals surface area (Å²) in [5.41, 5.74) is 0.282. The number of rotatable bonds is 4. The highest BCUT2D eigenvalue weighted by Crippen LogP contribution is 2.22. The topological polar surface area (TPSA) is 93.4 Å². The number of furan rings is 1. The number of aromatic nitrogens is 2. The maximum atomic E-state index is 12.4. The lowest BCUT2D eigenvalue weighted by Crippen LogP contribution is -2.43. The van der Waals surface area contributed by atoms with E-state index in [9.17, 15) is 13.2 Å². The lowest BCUT2D eigenvalue weighted by Gasteiger charge is -2.31. The number of sulfone groups is 1. The van der Waals surface area contributed by atoms with E-state index in [-0.39, 0.29) is 17.4 Å². The number of carbonyl (C=O) groups excluding carboxylic acids is 1. The van der Waals surface area contributed by atoms with Crippen LogP contribution in [0.4, 0.5) is 0 Å². The van der Waals surface area contributed by atoms with Crippen LogP contribution in [0.5, 0.6) is 0 Å². The van der Waals surface area contributed by atoms with Crippen LogP contribution in [0.1, 0.15) is 29.1 Å². The molecular weight excluding hydrogens is 318 g/mol. The fourth-order valence-electron chi connectivity index (χ4n) is 2.70. The van der Waals surface area contributed by atoms with E-state index in [1.807, 2.05) is 0 Å². The van der Waals surface area contributed by atoms with Gasteiger partial charge >= 0.3 is 0 Å². The van der Waals surface area contributed by atoms with Crippen LogP contribution >= 0.6 is 0 Å². The van der Waals surface area contributed by atoms with Crippen LogP contribution in [-0.2, 0) is 15.6 Å². The highest BCUT2D eigenvalue weighted by molar-refractivity contribution is 7.91. The van der Waals surface area contributed by atoms with E-state index in [0.29, 0.717) is 31.7 Å². The third kappa shape index (κ3) is 3.58. The van der Waals surface area contributed by atoms with Crippen molar-refractivity contribution in [3.8, 4) is 0 Å². The molecule has 0 aliphatic carbocycles. The number of hydrogen-bond donors (Lipinski definition) is 0. The first-order chi connectivity index (χ1) is 11.1. The summed E-state index contributed by atoms with van der Waals surface area (Å²) in [5, 5.41) is -0.446. The zero-order valence-electron chi connectivity index (χ0n) is 12.5. The molecule has 122 valence electrons. The fourth-order valence-corrected chi connectivity index (χ4v) is 4.43. The second-order valence-electron chi connectivity index (χ2n) is 5.47. The van der Waals surface area contributed by atoms with Crippen molar-refractivity contribution in [3.63, 3.8) is 0 Å². The standard InChI is InChI=1S/C15H17N3O4S/c19-15(14-10-16-5-6-17-14)18-7-3-13(4-8-18)23(20,21)11-12-2-1-9-22-12/h1-2,5-6,9-10,13H,3-4,7-8,11H2. The van der Waals surface area contributed by atoms with Gasteiger partial charge in [0.1, 0.15) is 17.2 Å². The van der Waals surface area contributed by atoms with Crippen molar-refractivity contribution in [2.24, 2.45) is 0 Å². The molecular formula is C15H17N3O4S. The summed E-state index contributed by atoms with van der Waals surface area (Å²) in [6, 6.07) is 3.33. The van der Waals surface area contributed by atoms with Gasteiger partial charge in [-0.15, -0.1) is 0 Å². The van der Waals surface area contributed by atoms with Crippen LogP contribution < -0.4 is 0 Å². The van der Waals surface area contributed by atoms with Gasteiger partial charge in [0.25, 0.3) is 5.91 Å². The van der Waals surface area contributed by atoms with Crippen LogP contribution in [0.15, 0.2) is 41.4 Å².